The van der Waals surface area contributed by atoms with E-state index in [1.807, 2.05) is 0 Å². The lowest BCUT2D eigenvalue weighted by Crippen LogP contribution is -2.20. The van der Waals surface area contributed by atoms with E-state index in [9.17, 15) is 14.0 Å². The van der Waals surface area contributed by atoms with E-state index in [2.05, 4.69) is 15.8 Å². The molecule has 3 rings (SSSR count). The third-order valence-electron chi connectivity index (χ3n) is 4.62. The van der Waals surface area contributed by atoms with Gasteiger partial charge in [0.25, 0.3) is 11.8 Å². The normalized spacial score (nSPS) is 10.9. The predicted molar refractivity (Wildman–Crippen MR) is 120 cm³/mol. The lowest BCUT2D eigenvalue weighted by atomic mass is 10.1. The van der Waals surface area contributed by atoms with Crippen molar-refractivity contribution in [3.05, 3.63) is 89.2 Å². The van der Waals surface area contributed by atoms with Crippen LogP contribution in [0.3, 0.4) is 0 Å². The van der Waals surface area contributed by atoms with E-state index in [-0.39, 0.29) is 5.91 Å². The second-order valence-corrected chi connectivity index (χ2v) is 6.75. The van der Waals surface area contributed by atoms with Crippen molar-refractivity contribution < 1.29 is 23.5 Å². The van der Waals surface area contributed by atoms with Crippen molar-refractivity contribution in [3.63, 3.8) is 0 Å². The molecule has 2 amide bonds. The number of rotatable bonds is 7. The molecule has 0 bridgehead atoms. The van der Waals surface area contributed by atoms with Gasteiger partial charge in [-0.2, -0.15) is 5.10 Å². The zero-order valence-corrected chi connectivity index (χ0v) is 17.8. The average molecular weight is 435 g/mol. The third kappa shape index (κ3) is 5.48. The van der Waals surface area contributed by atoms with Gasteiger partial charge in [-0.25, -0.2) is 9.82 Å². The number of hydrogen-bond donors (Lipinski definition) is 2. The Morgan fingerprint density at radius 2 is 1.62 bits per heavy atom. The molecule has 164 valence electrons. The quantitative estimate of drug-likeness (QED) is 0.429. The smallest absolute Gasteiger partial charge is 0.275 e. The van der Waals surface area contributed by atoms with Crippen LogP contribution in [0, 0.1) is 5.82 Å². The van der Waals surface area contributed by atoms with Crippen LogP contribution in [-0.4, -0.2) is 31.7 Å². The maximum absolute atomic E-state index is 13.0. The molecule has 8 heteroatoms. The number of anilines is 1. The van der Waals surface area contributed by atoms with Gasteiger partial charge in [0.15, 0.2) is 0 Å². The summed E-state index contributed by atoms with van der Waals surface area (Å²) in [4.78, 5) is 24.9. The zero-order valence-electron chi connectivity index (χ0n) is 17.8. The Hall–Kier alpha value is -4.20. The first-order chi connectivity index (χ1) is 15.4. The summed E-state index contributed by atoms with van der Waals surface area (Å²) in [5, 5.41) is 6.91. The molecule has 0 atom stereocenters. The Bertz CT molecular complexity index is 1160. The number of hydrazone groups is 1. The first kappa shape index (κ1) is 22.5. The number of benzene rings is 3. The fourth-order valence-corrected chi connectivity index (χ4v) is 2.87. The fourth-order valence-electron chi connectivity index (χ4n) is 2.87. The van der Waals surface area contributed by atoms with E-state index in [1.54, 1.807) is 49.4 Å². The molecule has 3 aromatic rings. The van der Waals surface area contributed by atoms with Crippen molar-refractivity contribution in [1.29, 1.82) is 0 Å². The number of carbonyl (C=O) groups is 2. The Morgan fingerprint density at radius 3 is 2.31 bits per heavy atom. The molecule has 0 aliphatic heterocycles. The molecule has 0 saturated carbocycles. The van der Waals surface area contributed by atoms with Crippen LogP contribution in [-0.2, 0) is 0 Å². The summed E-state index contributed by atoms with van der Waals surface area (Å²) in [7, 11) is 2.99. The molecule has 32 heavy (non-hydrogen) atoms. The lowest BCUT2D eigenvalue weighted by molar-refractivity contribution is 0.0951. The minimum Gasteiger partial charge on any atom is -0.497 e. The van der Waals surface area contributed by atoms with Gasteiger partial charge in [-0.15, -0.1) is 0 Å². The predicted octanol–water partition coefficient (Wildman–Crippen LogP) is 4.25. The maximum atomic E-state index is 13.0. The van der Waals surface area contributed by atoms with Gasteiger partial charge in [0.1, 0.15) is 17.3 Å². The van der Waals surface area contributed by atoms with Crippen LogP contribution < -0.4 is 20.2 Å². The van der Waals surface area contributed by atoms with E-state index < -0.39 is 11.7 Å². The Balaban J connectivity index is 1.71. The summed E-state index contributed by atoms with van der Waals surface area (Å²) in [6.45, 7) is 1.73. The molecule has 3 aromatic carbocycles. The van der Waals surface area contributed by atoms with Gasteiger partial charge < -0.3 is 14.8 Å². The van der Waals surface area contributed by atoms with Crippen molar-refractivity contribution in [2.24, 2.45) is 5.10 Å². The minimum atomic E-state index is -0.440. The Kier molecular flexibility index (Phi) is 7.17. The van der Waals surface area contributed by atoms with Crippen molar-refractivity contribution >= 4 is 23.2 Å². The number of carbonyl (C=O) groups excluding carboxylic acids is 2. The van der Waals surface area contributed by atoms with Crippen molar-refractivity contribution in [1.82, 2.24) is 5.43 Å². The van der Waals surface area contributed by atoms with Gasteiger partial charge in [-0.1, -0.05) is 12.1 Å². The van der Waals surface area contributed by atoms with E-state index in [1.165, 1.54) is 38.5 Å². The second kappa shape index (κ2) is 10.2. The molecule has 0 fully saturated rings. The van der Waals surface area contributed by atoms with E-state index in [0.717, 1.165) is 0 Å². The highest BCUT2D eigenvalue weighted by Crippen LogP contribution is 2.24. The molecular formula is C24H22FN3O4. The SMILES string of the molecule is COc1ccc(C(=O)NN=C(C)c2cccc(NC(=O)c3ccc(F)cc3)c2)c(OC)c1. The van der Waals surface area contributed by atoms with E-state index >= 15 is 0 Å². The molecule has 0 radical (unpaired) electrons. The summed E-state index contributed by atoms with van der Waals surface area (Å²) in [6, 6.07) is 17.1. The number of nitrogens with zero attached hydrogens (tertiary/aromatic N) is 1. The van der Waals surface area contributed by atoms with Crippen LogP contribution in [0.1, 0.15) is 33.2 Å². The summed E-state index contributed by atoms with van der Waals surface area (Å²) in [5.74, 6) is -0.288. The van der Waals surface area contributed by atoms with Crippen molar-refractivity contribution in [3.8, 4) is 11.5 Å². The minimum absolute atomic E-state index is 0.310. The second-order valence-electron chi connectivity index (χ2n) is 6.75. The molecule has 0 aromatic heterocycles. The zero-order chi connectivity index (χ0) is 23.1. The van der Waals surface area contributed by atoms with Crippen LogP contribution in [0.4, 0.5) is 10.1 Å². The molecule has 0 unspecified atom stereocenters. The largest absolute Gasteiger partial charge is 0.497 e. The summed E-state index contributed by atoms with van der Waals surface area (Å²) in [5.41, 5.74) is 4.92. The topological polar surface area (TPSA) is 89.0 Å². The Labute approximate surface area is 184 Å². The van der Waals surface area contributed by atoms with E-state index in [0.29, 0.717) is 39.6 Å². The molecule has 0 spiro atoms. The third-order valence-corrected chi connectivity index (χ3v) is 4.62. The highest BCUT2D eigenvalue weighted by Gasteiger charge is 2.13. The number of halogens is 1. The molecular weight excluding hydrogens is 413 g/mol. The molecule has 0 heterocycles. The van der Waals surface area contributed by atoms with Gasteiger partial charge >= 0.3 is 0 Å². The summed E-state index contributed by atoms with van der Waals surface area (Å²) in [6.07, 6.45) is 0. The van der Waals surface area contributed by atoms with Crippen LogP contribution in [0.5, 0.6) is 11.5 Å². The van der Waals surface area contributed by atoms with Crippen LogP contribution in [0.2, 0.25) is 0 Å². The van der Waals surface area contributed by atoms with Gasteiger partial charge in [-0.3, -0.25) is 9.59 Å². The van der Waals surface area contributed by atoms with Crippen molar-refractivity contribution in [2.75, 3.05) is 19.5 Å². The highest BCUT2D eigenvalue weighted by molar-refractivity contribution is 6.06. The number of hydrogen-bond acceptors (Lipinski definition) is 5. The summed E-state index contributed by atoms with van der Waals surface area (Å²) < 4.78 is 23.4. The van der Waals surface area contributed by atoms with Gasteiger partial charge in [0.05, 0.1) is 25.5 Å². The highest BCUT2D eigenvalue weighted by atomic mass is 19.1. The van der Waals surface area contributed by atoms with Crippen LogP contribution in [0.25, 0.3) is 0 Å². The molecule has 0 aliphatic rings. The first-order valence-electron chi connectivity index (χ1n) is 9.65. The average Bonchev–Trinajstić information content (AvgIpc) is 2.82. The summed E-state index contributed by atoms with van der Waals surface area (Å²) >= 11 is 0. The van der Waals surface area contributed by atoms with Crippen LogP contribution >= 0.6 is 0 Å². The molecule has 7 nitrogen and oxygen atoms in total. The molecule has 0 aliphatic carbocycles. The first-order valence-corrected chi connectivity index (χ1v) is 9.65. The fraction of sp³-hybridized carbons (Fsp3) is 0.125. The molecule has 2 N–H and O–H groups in total. The van der Waals surface area contributed by atoms with Gasteiger partial charge in [-0.05, 0) is 61.0 Å². The Morgan fingerprint density at radius 1 is 0.875 bits per heavy atom. The van der Waals surface area contributed by atoms with Crippen molar-refractivity contribution in [2.45, 2.75) is 6.92 Å². The van der Waals surface area contributed by atoms with Gasteiger partial charge in [0, 0.05) is 17.3 Å². The molecule has 0 saturated heterocycles. The van der Waals surface area contributed by atoms with Gasteiger partial charge in [0.2, 0.25) is 0 Å². The number of methoxy groups -OCH3 is 2. The number of nitrogens with one attached hydrogen (secondary N) is 2. The number of amides is 2. The lowest BCUT2D eigenvalue weighted by Gasteiger charge is -2.10. The monoisotopic (exact) mass is 435 g/mol. The number of ether oxygens (including phenoxy) is 2. The standard InChI is InChI=1S/C24H22FN3O4/c1-15(27-28-24(30)21-12-11-20(31-2)14-22(21)32-3)17-5-4-6-19(13-17)26-23(29)16-7-9-18(25)10-8-16/h4-14H,1-3H3,(H,26,29)(H,28,30). The maximum Gasteiger partial charge on any atom is 0.275 e. The van der Waals surface area contributed by atoms with E-state index in [4.69, 9.17) is 9.47 Å². The van der Waals surface area contributed by atoms with Crippen LogP contribution in [0.15, 0.2) is 71.8 Å².